The van der Waals surface area contributed by atoms with Gasteiger partial charge in [-0.15, -0.1) is 10.6 Å². The van der Waals surface area contributed by atoms with Gasteiger partial charge >= 0.3 is 0 Å². The van der Waals surface area contributed by atoms with Crippen LogP contribution < -0.4 is 16.5 Å². The van der Waals surface area contributed by atoms with E-state index in [2.05, 4.69) is 64.4 Å². The topological polar surface area (TPSA) is 67.3 Å². The van der Waals surface area contributed by atoms with Crippen LogP contribution in [0.4, 0.5) is 0 Å². The molecule has 7 heteroatoms. The average Bonchev–Trinajstić information content (AvgIpc) is 2.97. The first-order valence-electron chi connectivity index (χ1n) is 6.43. The van der Waals surface area contributed by atoms with Crippen LogP contribution in [0, 0.1) is 5.92 Å². The molecule has 3 aliphatic heterocycles. The van der Waals surface area contributed by atoms with E-state index in [1.165, 1.54) is 11.3 Å². The Labute approximate surface area is 112 Å². The SMILES string of the molecule is CC1=C(C(C)C)N2C(=C(C3=NNNN3)CN2C)N=C1. The van der Waals surface area contributed by atoms with E-state index in [0.29, 0.717) is 5.92 Å². The molecule has 0 spiro atoms. The summed E-state index contributed by atoms with van der Waals surface area (Å²) < 4.78 is 0. The van der Waals surface area contributed by atoms with Crippen LogP contribution >= 0.6 is 0 Å². The molecule has 102 valence electrons. The van der Waals surface area contributed by atoms with Crippen LogP contribution in [-0.4, -0.2) is 35.7 Å². The Balaban J connectivity index is 2.05. The number of likely N-dealkylation sites (N-methyl/N-ethyl adjacent to an activating group) is 1. The molecule has 0 amide bonds. The van der Waals surface area contributed by atoms with E-state index < -0.39 is 0 Å². The van der Waals surface area contributed by atoms with Gasteiger partial charge in [0, 0.05) is 19.0 Å². The minimum Gasteiger partial charge on any atom is -0.285 e. The molecule has 0 bridgehead atoms. The van der Waals surface area contributed by atoms with Crippen LogP contribution in [0.1, 0.15) is 20.8 Å². The molecule has 0 atom stereocenters. The van der Waals surface area contributed by atoms with Crippen LogP contribution in [0.15, 0.2) is 32.8 Å². The van der Waals surface area contributed by atoms with Gasteiger partial charge < -0.3 is 0 Å². The second-order valence-electron chi connectivity index (χ2n) is 5.23. The van der Waals surface area contributed by atoms with Gasteiger partial charge in [-0.3, -0.25) is 10.4 Å². The third-order valence-corrected chi connectivity index (χ3v) is 3.45. The third-order valence-electron chi connectivity index (χ3n) is 3.45. The number of hydrazine groups is 3. The van der Waals surface area contributed by atoms with Gasteiger partial charge in [0.15, 0.2) is 11.7 Å². The minimum atomic E-state index is 0.443. The number of allylic oxidation sites excluding steroid dienone is 2. The predicted molar refractivity (Wildman–Crippen MR) is 74.4 cm³/mol. The molecule has 3 aliphatic rings. The maximum Gasteiger partial charge on any atom is 0.171 e. The number of hydrogen-bond donors (Lipinski definition) is 3. The summed E-state index contributed by atoms with van der Waals surface area (Å²) in [4.78, 5) is 4.59. The van der Waals surface area contributed by atoms with Gasteiger partial charge in [0.05, 0.1) is 12.1 Å². The van der Waals surface area contributed by atoms with Crippen molar-refractivity contribution in [1.29, 1.82) is 0 Å². The lowest BCUT2D eigenvalue weighted by Gasteiger charge is -2.34. The molecular weight excluding hydrogens is 242 g/mol. The Morgan fingerprint density at radius 2 is 2.16 bits per heavy atom. The lowest BCUT2D eigenvalue weighted by molar-refractivity contribution is 0.0954. The lowest BCUT2D eigenvalue weighted by Crippen LogP contribution is -2.37. The molecule has 7 nitrogen and oxygen atoms in total. The standard InChI is InChI=1S/C12H19N7/c1-7(2)10-8(3)5-13-12-9(6-18(4)19(10)12)11-14-16-17-15-11/h5,7,16-17H,6H2,1-4H3,(H,14,15). The van der Waals surface area contributed by atoms with Crippen LogP contribution in [0.5, 0.6) is 0 Å². The van der Waals surface area contributed by atoms with Crippen molar-refractivity contribution >= 4 is 12.1 Å². The van der Waals surface area contributed by atoms with E-state index in [4.69, 9.17) is 0 Å². The van der Waals surface area contributed by atoms with Crippen LogP contribution in [0.3, 0.4) is 0 Å². The third kappa shape index (κ3) is 1.82. The summed E-state index contributed by atoms with van der Waals surface area (Å²) in [7, 11) is 2.07. The summed E-state index contributed by atoms with van der Waals surface area (Å²) in [6, 6.07) is 0. The Hall–Kier alpha value is -1.86. The number of rotatable bonds is 2. The van der Waals surface area contributed by atoms with Gasteiger partial charge in [-0.05, 0) is 18.4 Å². The summed E-state index contributed by atoms with van der Waals surface area (Å²) in [5.74, 6) is 2.19. The molecule has 0 aromatic rings. The number of amidine groups is 1. The van der Waals surface area contributed by atoms with Crippen LogP contribution in [-0.2, 0) is 0 Å². The summed E-state index contributed by atoms with van der Waals surface area (Å²) in [6.45, 7) is 7.30. The van der Waals surface area contributed by atoms with E-state index in [1.54, 1.807) is 0 Å². The summed E-state index contributed by atoms with van der Waals surface area (Å²) >= 11 is 0. The fraction of sp³-hybridized carbons (Fsp3) is 0.500. The Bertz CT molecular complexity index is 526. The highest BCUT2D eigenvalue weighted by atomic mass is 15.8. The van der Waals surface area contributed by atoms with Crippen molar-refractivity contribution in [2.24, 2.45) is 16.0 Å². The first-order valence-corrected chi connectivity index (χ1v) is 6.43. The molecular formula is C12H19N7. The minimum absolute atomic E-state index is 0.443. The van der Waals surface area contributed by atoms with Gasteiger partial charge in [-0.1, -0.05) is 13.8 Å². The van der Waals surface area contributed by atoms with Gasteiger partial charge in [0.1, 0.15) is 0 Å². The first-order chi connectivity index (χ1) is 9.09. The molecule has 0 unspecified atom stereocenters. The van der Waals surface area contributed by atoms with Crippen LogP contribution in [0.2, 0.25) is 0 Å². The zero-order chi connectivity index (χ0) is 13.6. The lowest BCUT2D eigenvalue weighted by atomic mass is 10.0. The monoisotopic (exact) mass is 261 g/mol. The van der Waals surface area contributed by atoms with Crippen LogP contribution in [0.25, 0.3) is 0 Å². The maximum absolute atomic E-state index is 4.59. The first kappa shape index (κ1) is 12.2. The molecule has 3 heterocycles. The van der Waals surface area contributed by atoms with Crippen molar-refractivity contribution in [3.05, 3.63) is 22.7 Å². The Morgan fingerprint density at radius 3 is 2.79 bits per heavy atom. The highest BCUT2D eigenvalue weighted by molar-refractivity contribution is 6.00. The molecule has 0 saturated heterocycles. The molecule has 3 N–H and O–H groups in total. The van der Waals surface area contributed by atoms with Crippen molar-refractivity contribution in [2.75, 3.05) is 13.6 Å². The molecule has 0 aliphatic carbocycles. The van der Waals surface area contributed by atoms with E-state index in [-0.39, 0.29) is 0 Å². The smallest absolute Gasteiger partial charge is 0.171 e. The number of nitrogens with zero attached hydrogens (tertiary/aromatic N) is 4. The fourth-order valence-corrected chi connectivity index (χ4v) is 2.70. The molecule has 0 saturated carbocycles. The highest BCUT2D eigenvalue weighted by Crippen LogP contribution is 2.35. The number of nitrogens with one attached hydrogen (secondary N) is 3. The predicted octanol–water partition coefficient (Wildman–Crippen LogP) is 0.301. The summed E-state index contributed by atoms with van der Waals surface area (Å²) in [5, 5.41) is 8.54. The number of hydrazone groups is 1. The van der Waals surface area contributed by atoms with Crippen molar-refractivity contribution in [1.82, 2.24) is 26.5 Å². The number of hydrogen-bond acceptors (Lipinski definition) is 7. The maximum atomic E-state index is 4.59. The van der Waals surface area contributed by atoms with Crippen molar-refractivity contribution in [3.8, 4) is 0 Å². The largest absolute Gasteiger partial charge is 0.285 e. The quantitative estimate of drug-likeness (QED) is 0.667. The molecule has 0 aromatic heterocycles. The van der Waals surface area contributed by atoms with Gasteiger partial charge in [-0.25, -0.2) is 15.5 Å². The van der Waals surface area contributed by atoms with Gasteiger partial charge in [0.25, 0.3) is 0 Å². The second-order valence-corrected chi connectivity index (χ2v) is 5.23. The highest BCUT2D eigenvalue weighted by Gasteiger charge is 2.36. The zero-order valence-corrected chi connectivity index (χ0v) is 11.7. The molecule has 3 rings (SSSR count). The van der Waals surface area contributed by atoms with E-state index in [1.807, 2.05) is 6.21 Å². The zero-order valence-electron chi connectivity index (χ0n) is 11.7. The molecule has 0 aromatic carbocycles. The number of aliphatic imine (C=N–C) groups is 1. The Morgan fingerprint density at radius 1 is 1.37 bits per heavy atom. The van der Waals surface area contributed by atoms with E-state index in [0.717, 1.165) is 23.8 Å². The van der Waals surface area contributed by atoms with Gasteiger partial charge in [0.2, 0.25) is 0 Å². The van der Waals surface area contributed by atoms with Gasteiger partial charge in [-0.2, -0.15) is 0 Å². The van der Waals surface area contributed by atoms with E-state index >= 15 is 0 Å². The molecule has 19 heavy (non-hydrogen) atoms. The normalized spacial score (nSPS) is 23.0. The summed E-state index contributed by atoms with van der Waals surface area (Å²) in [5.41, 5.74) is 12.0. The molecule has 0 radical (unpaired) electrons. The van der Waals surface area contributed by atoms with Crippen molar-refractivity contribution in [3.63, 3.8) is 0 Å². The fourth-order valence-electron chi connectivity index (χ4n) is 2.70. The van der Waals surface area contributed by atoms with E-state index in [9.17, 15) is 0 Å². The summed E-state index contributed by atoms with van der Waals surface area (Å²) in [6.07, 6.45) is 1.94. The van der Waals surface area contributed by atoms with Crippen molar-refractivity contribution < 1.29 is 0 Å². The average molecular weight is 261 g/mol. The second kappa shape index (κ2) is 4.36. The number of fused-ring (bicyclic) bond motifs is 1. The Kier molecular flexibility index (Phi) is 2.79. The van der Waals surface area contributed by atoms with Crippen molar-refractivity contribution in [2.45, 2.75) is 20.8 Å². The molecule has 0 fully saturated rings.